The highest BCUT2D eigenvalue weighted by Gasteiger charge is 2.20. The lowest BCUT2D eigenvalue weighted by Crippen LogP contribution is -2.15. The summed E-state index contributed by atoms with van der Waals surface area (Å²) in [6.07, 6.45) is 2.62. The van der Waals surface area contributed by atoms with E-state index in [0.29, 0.717) is 11.1 Å². The largest absolute Gasteiger partial charge is 0.416 e. The van der Waals surface area contributed by atoms with Crippen molar-refractivity contribution in [1.82, 2.24) is 15.5 Å². The van der Waals surface area contributed by atoms with Gasteiger partial charge in [-0.2, -0.15) is 0 Å². The Morgan fingerprint density at radius 1 is 1.42 bits per heavy atom. The van der Waals surface area contributed by atoms with Crippen molar-refractivity contribution < 1.29 is 4.42 Å². The molecule has 0 spiro atoms. The molecule has 1 saturated carbocycles. The van der Waals surface area contributed by atoms with E-state index in [1.165, 1.54) is 30.2 Å². The minimum Gasteiger partial charge on any atom is -0.416 e. The van der Waals surface area contributed by atoms with Crippen molar-refractivity contribution in [2.24, 2.45) is 0 Å². The summed E-state index contributed by atoms with van der Waals surface area (Å²) < 4.78 is 6.47. The third-order valence-electron chi connectivity index (χ3n) is 2.90. The maximum atomic E-state index is 5.36. The van der Waals surface area contributed by atoms with Crippen LogP contribution in [0.25, 0.3) is 0 Å². The van der Waals surface area contributed by atoms with Crippen LogP contribution < -0.4 is 5.32 Å². The molecule has 19 heavy (non-hydrogen) atoms. The van der Waals surface area contributed by atoms with E-state index in [4.69, 9.17) is 4.42 Å². The number of nitrogens with one attached hydrogen (secondary N) is 1. The van der Waals surface area contributed by atoms with E-state index in [-0.39, 0.29) is 0 Å². The number of aromatic nitrogens is 2. The molecular formula is C13H14BrN3OS. The molecule has 1 heterocycles. The molecule has 0 atom stereocenters. The molecule has 1 aliphatic carbocycles. The van der Waals surface area contributed by atoms with Crippen LogP contribution in [0, 0.1) is 6.92 Å². The van der Waals surface area contributed by atoms with Crippen LogP contribution in [0.4, 0.5) is 0 Å². The van der Waals surface area contributed by atoms with Gasteiger partial charge in [-0.1, -0.05) is 22.0 Å². The fourth-order valence-electron chi connectivity index (χ4n) is 1.70. The smallest absolute Gasteiger partial charge is 0.281 e. The normalized spacial score (nSPS) is 14.8. The standard InChI is InChI=1S/C13H14BrN3OS/c1-8-16-17-13(18-8)19-11-5-2-9(12(14)6-11)7-15-10-3-4-10/h2,5-6,10,15H,3-4,7H2,1H3. The van der Waals surface area contributed by atoms with Crippen LogP contribution in [0.1, 0.15) is 24.3 Å². The van der Waals surface area contributed by atoms with Crippen LogP contribution in [0.2, 0.25) is 0 Å². The third kappa shape index (κ3) is 3.58. The van der Waals surface area contributed by atoms with Gasteiger partial charge in [-0.05, 0) is 42.3 Å². The Kier molecular flexibility index (Phi) is 3.91. The van der Waals surface area contributed by atoms with Gasteiger partial charge in [0.15, 0.2) is 0 Å². The molecule has 0 amide bonds. The SMILES string of the molecule is Cc1nnc(Sc2ccc(CNC3CC3)c(Br)c2)o1. The van der Waals surface area contributed by atoms with E-state index in [1.807, 2.05) is 0 Å². The molecule has 4 nitrogen and oxygen atoms in total. The number of aryl methyl sites for hydroxylation is 1. The molecule has 1 aliphatic rings. The second-order valence-electron chi connectivity index (χ2n) is 4.60. The molecule has 2 aromatic rings. The summed E-state index contributed by atoms with van der Waals surface area (Å²) in [5.41, 5.74) is 1.28. The number of halogens is 1. The first-order chi connectivity index (χ1) is 9.20. The molecule has 100 valence electrons. The molecule has 1 aromatic heterocycles. The molecule has 0 saturated heterocycles. The Morgan fingerprint density at radius 2 is 2.26 bits per heavy atom. The summed E-state index contributed by atoms with van der Waals surface area (Å²) in [7, 11) is 0. The van der Waals surface area contributed by atoms with Gasteiger partial charge in [0.1, 0.15) is 0 Å². The molecular weight excluding hydrogens is 326 g/mol. The Hall–Kier alpha value is -0.850. The van der Waals surface area contributed by atoms with Gasteiger partial charge in [0.25, 0.3) is 5.22 Å². The second kappa shape index (κ2) is 5.64. The van der Waals surface area contributed by atoms with Gasteiger partial charge in [0, 0.05) is 28.9 Å². The minimum atomic E-state index is 0.577. The van der Waals surface area contributed by atoms with E-state index in [2.05, 4.69) is 49.6 Å². The fraction of sp³-hybridized carbons (Fsp3) is 0.385. The molecule has 0 radical (unpaired) electrons. The topological polar surface area (TPSA) is 51.0 Å². The quantitative estimate of drug-likeness (QED) is 0.902. The molecule has 1 fully saturated rings. The van der Waals surface area contributed by atoms with Crippen LogP contribution in [-0.2, 0) is 6.54 Å². The number of hydrogen-bond donors (Lipinski definition) is 1. The molecule has 0 unspecified atom stereocenters. The van der Waals surface area contributed by atoms with Gasteiger partial charge in [-0.3, -0.25) is 0 Å². The third-order valence-corrected chi connectivity index (χ3v) is 4.46. The maximum absolute atomic E-state index is 5.36. The highest BCUT2D eigenvalue weighted by Crippen LogP contribution is 2.30. The van der Waals surface area contributed by atoms with Gasteiger partial charge < -0.3 is 9.73 Å². The van der Waals surface area contributed by atoms with Crippen molar-refractivity contribution in [1.29, 1.82) is 0 Å². The van der Waals surface area contributed by atoms with Crippen LogP contribution in [-0.4, -0.2) is 16.2 Å². The minimum absolute atomic E-state index is 0.577. The molecule has 0 aliphatic heterocycles. The van der Waals surface area contributed by atoms with Crippen molar-refractivity contribution in [3.63, 3.8) is 0 Å². The zero-order chi connectivity index (χ0) is 13.2. The maximum Gasteiger partial charge on any atom is 0.281 e. The van der Waals surface area contributed by atoms with Crippen molar-refractivity contribution >= 4 is 27.7 Å². The average molecular weight is 340 g/mol. The van der Waals surface area contributed by atoms with E-state index in [9.17, 15) is 0 Å². The Labute approximate surface area is 124 Å². The van der Waals surface area contributed by atoms with Gasteiger partial charge in [-0.15, -0.1) is 10.2 Å². The monoisotopic (exact) mass is 339 g/mol. The first kappa shape index (κ1) is 13.1. The van der Waals surface area contributed by atoms with Crippen molar-refractivity contribution in [2.75, 3.05) is 0 Å². The Bertz CT molecular complexity index is 583. The van der Waals surface area contributed by atoms with Crippen molar-refractivity contribution in [3.05, 3.63) is 34.1 Å². The van der Waals surface area contributed by atoms with Crippen LogP contribution in [0.15, 0.2) is 37.2 Å². The molecule has 6 heteroatoms. The average Bonchev–Trinajstić information content (AvgIpc) is 3.12. The van der Waals surface area contributed by atoms with E-state index < -0.39 is 0 Å². The summed E-state index contributed by atoms with van der Waals surface area (Å²) in [4.78, 5) is 1.09. The summed E-state index contributed by atoms with van der Waals surface area (Å²) in [6, 6.07) is 7.03. The lowest BCUT2D eigenvalue weighted by Gasteiger charge is -2.07. The van der Waals surface area contributed by atoms with E-state index >= 15 is 0 Å². The molecule has 1 N–H and O–H groups in total. The summed E-state index contributed by atoms with van der Waals surface area (Å²) in [5, 5.41) is 11.9. The number of hydrogen-bond acceptors (Lipinski definition) is 5. The van der Waals surface area contributed by atoms with E-state index in [0.717, 1.165) is 22.0 Å². The lowest BCUT2D eigenvalue weighted by atomic mass is 10.2. The molecule has 1 aromatic carbocycles. The van der Waals surface area contributed by atoms with Gasteiger partial charge in [0.05, 0.1) is 0 Å². The van der Waals surface area contributed by atoms with Gasteiger partial charge >= 0.3 is 0 Å². The number of rotatable bonds is 5. The molecule has 3 rings (SSSR count). The predicted molar refractivity (Wildman–Crippen MR) is 77.2 cm³/mol. The lowest BCUT2D eigenvalue weighted by molar-refractivity contribution is 0.429. The highest BCUT2D eigenvalue weighted by molar-refractivity contribution is 9.10. The number of nitrogens with zero attached hydrogens (tertiary/aromatic N) is 2. The van der Waals surface area contributed by atoms with Crippen LogP contribution >= 0.6 is 27.7 Å². The van der Waals surface area contributed by atoms with Crippen LogP contribution in [0.5, 0.6) is 0 Å². The van der Waals surface area contributed by atoms with E-state index in [1.54, 1.807) is 6.92 Å². The first-order valence-corrected chi connectivity index (χ1v) is 7.81. The Morgan fingerprint density at radius 3 is 2.89 bits per heavy atom. The van der Waals surface area contributed by atoms with Crippen molar-refractivity contribution in [3.8, 4) is 0 Å². The predicted octanol–water partition coefficient (Wildman–Crippen LogP) is 3.54. The van der Waals surface area contributed by atoms with Crippen molar-refractivity contribution in [2.45, 2.75) is 42.5 Å². The molecule has 0 bridgehead atoms. The number of benzene rings is 1. The first-order valence-electron chi connectivity index (χ1n) is 6.20. The van der Waals surface area contributed by atoms with Crippen LogP contribution in [0.3, 0.4) is 0 Å². The summed E-state index contributed by atoms with van der Waals surface area (Å²) >= 11 is 5.09. The zero-order valence-electron chi connectivity index (χ0n) is 10.5. The second-order valence-corrected chi connectivity index (χ2v) is 6.48. The summed E-state index contributed by atoms with van der Waals surface area (Å²) in [6.45, 7) is 2.70. The van der Waals surface area contributed by atoms with Gasteiger partial charge in [0.2, 0.25) is 5.89 Å². The fourth-order valence-corrected chi connectivity index (χ4v) is 3.13. The highest BCUT2D eigenvalue weighted by atomic mass is 79.9. The summed E-state index contributed by atoms with van der Waals surface area (Å²) in [5.74, 6) is 0.590. The van der Waals surface area contributed by atoms with Gasteiger partial charge in [-0.25, -0.2) is 0 Å². The zero-order valence-corrected chi connectivity index (χ0v) is 12.9. The Balaban J connectivity index is 1.67.